The molecule has 0 radical (unpaired) electrons. The summed E-state index contributed by atoms with van der Waals surface area (Å²) in [5, 5.41) is 0. The second-order valence-corrected chi connectivity index (χ2v) is 6.65. The van der Waals surface area contributed by atoms with Crippen LogP contribution in [0.4, 0.5) is 0 Å². The van der Waals surface area contributed by atoms with Crippen LogP contribution >= 0.6 is 27.3 Å². The molecule has 2 aromatic carbocycles. The molecule has 0 aliphatic heterocycles. The van der Waals surface area contributed by atoms with E-state index in [1.54, 1.807) is 25.6 Å². The van der Waals surface area contributed by atoms with E-state index in [4.69, 9.17) is 9.47 Å². The number of halogens is 1. The average Bonchev–Trinajstić information content (AvgIpc) is 2.97. The largest absolute Gasteiger partial charge is 0.497 e. The Hall–Kier alpha value is -1.78. The maximum Gasteiger partial charge on any atom is 0.118 e. The number of hydrogen-bond donors (Lipinski definition) is 0. The second-order valence-electron chi connectivity index (χ2n) is 4.74. The van der Waals surface area contributed by atoms with Crippen molar-refractivity contribution in [1.29, 1.82) is 0 Å². The third-order valence-electron chi connectivity index (χ3n) is 3.41. The fourth-order valence-corrected chi connectivity index (χ4v) is 4.12. The molecular weight excluding hydrogens is 360 g/mol. The van der Waals surface area contributed by atoms with Gasteiger partial charge in [-0.1, -0.05) is 0 Å². The van der Waals surface area contributed by atoms with E-state index in [0.717, 1.165) is 16.0 Å². The van der Waals surface area contributed by atoms with Crippen molar-refractivity contribution in [3.05, 3.63) is 59.1 Å². The fourth-order valence-electron chi connectivity index (χ4n) is 2.21. The SMILES string of the molecule is COc1ccc(-c2cc(Br)c(-c3ccc(OC)cc3)s2)cc1. The molecule has 22 heavy (non-hydrogen) atoms. The van der Waals surface area contributed by atoms with Crippen LogP contribution in [0.3, 0.4) is 0 Å². The van der Waals surface area contributed by atoms with Crippen molar-refractivity contribution < 1.29 is 9.47 Å². The quantitative estimate of drug-likeness (QED) is 0.569. The maximum atomic E-state index is 5.21. The normalized spacial score (nSPS) is 10.5. The van der Waals surface area contributed by atoms with Crippen molar-refractivity contribution in [3.8, 4) is 32.4 Å². The van der Waals surface area contributed by atoms with E-state index in [0.29, 0.717) is 0 Å². The van der Waals surface area contributed by atoms with Crippen molar-refractivity contribution in [2.24, 2.45) is 0 Å². The van der Waals surface area contributed by atoms with E-state index in [-0.39, 0.29) is 0 Å². The molecule has 2 nitrogen and oxygen atoms in total. The van der Waals surface area contributed by atoms with Gasteiger partial charge in [-0.3, -0.25) is 0 Å². The molecule has 0 bridgehead atoms. The van der Waals surface area contributed by atoms with Crippen LogP contribution in [0.2, 0.25) is 0 Å². The first-order valence-corrected chi connectivity index (χ1v) is 8.40. The van der Waals surface area contributed by atoms with E-state index in [1.807, 2.05) is 24.3 Å². The monoisotopic (exact) mass is 374 g/mol. The van der Waals surface area contributed by atoms with Gasteiger partial charge in [-0.25, -0.2) is 0 Å². The van der Waals surface area contributed by atoms with Crippen molar-refractivity contribution in [3.63, 3.8) is 0 Å². The van der Waals surface area contributed by atoms with Gasteiger partial charge in [-0.2, -0.15) is 0 Å². The third kappa shape index (κ3) is 3.03. The van der Waals surface area contributed by atoms with E-state index < -0.39 is 0 Å². The van der Waals surface area contributed by atoms with Gasteiger partial charge in [0.05, 0.1) is 14.2 Å². The predicted molar refractivity (Wildman–Crippen MR) is 96.0 cm³/mol. The highest BCUT2D eigenvalue weighted by Crippen LogP contribution is 2.41. The molecule has 3 rings (SSSR count). The van der Waals surface area contributed by atoms with Crippen molar-refractivity contribution in [1.82, 2.24) is 0 Å². The molecule has 0 spiro atoms. The predicted octanol–water partition coefficient (Wildman–Crippen LogP) is 5.86. The molecule has 4 heteroatoms. The van der Waals surface area contributed by atoms with Crippen LogP contribution in [-0.4, -0.2) is 14.2 Å². The number of hydrogen-bond acceptors (Lipinski definition) is 3. The third-order valence-corrected chi connectivity index (χ3v) is 5.53. The van der Waals surface area contributed by atoms with Gasteiger partial charge in [0.1, 0.15) is 11.5 Å². The molecule has 3 aromatic rings. The molecule has 0 unspecified atom stereocenters. The Morgan fingerprint density at radius 2 is 1.27 bits per heavy atom. The van der Waals surface area contributed by atoms with Crippen molar-refractivity contribution in [2.45, 2.75) is 0 Å². The van der Waals surface area contributed by atoms with Crippen LogP contribution in [0.5, 0.6) is 11.5 Å². The minimum absolute atomic E-state index is 0.867. The van der Waals surface area contributed by atoms with Gasteiger partial charge >= 0.3 is 0 Å². The molecule has 0 saturated heterocycles. The highest BCUT2D eigenvalue weighted by Gasteiger charge is 2.11. The first-order chi connectivity index (χ1) is 10.7. The minimum atomic E-state index is 0.867. The van der Waals surface area contributed by atoms with Gasteiger partial charge in [0.25, 0.3) is 0 Å². The Bertz CT molecular complexity index is 761. The summed E-state index contributed by atoms with van der Waals surface area (Å²) in [5.74, 6) is 1.74. The maximum absolute atomic E-state index is 5.21. The molecular formula is C18H15BrO2S. The molecule has 0 fully saturated rings. The van der Waals surface area contributed by atoms with Crippen LogP contribution in [0.1, 0.15) is 0 Å². The zero-order valence-corrected chi connectivity index (χ0v) is 14.7. The molecule has 0 aliphatic carbocycles. The van der Waals surface area contributed by atoms with Gasteiger partial charge in [-0.05, 0) is 81.7 Å². The lowest BCUT2D eigenvalue weighted by molar-refractivity contribution is 0.415. The van der Waals surface area contributed by atoms with E-state index >= 15 is 0 Å². The molecule has 1 heterocycles. The van der Waals surface area contributed by atoms with E-state index in [2.05, 4.69) is 46.3 Å². The summed E-state index contributed by atoms with van der Waals surface area (Å²) in [4.78, 5) is 2.44. The number of rotatable bonds is 4. The summed E-state index contributed by atoms with van der Waals surface area (Å²) in [6.45, 7) is 0. The lowest BCUT2D eigenvalue weighted by Gasteiger charge is -2.02. The zero-order chi connectivity index (χ0) is 15.5. The standard InChI is InChI=1S/C18H15BrO2S/c1-20-14-7-3-12(4-8-14)17-11-16(19)18(22-17)13-5-9-15(21-2)10-6-13/h3-11H,1-2H3. The van der Waals surface area contributed by atoms with Gasteiger partial charge in [0, 0.05) is 14.2 Å². The lowest BCUT2D eigenvalue weighted by atomic mass is 10.1. The molecule has 0 amide bonds. The smallest absolute Gasteiger partial charge is 0.118 e. The molecule has 0 saturated carbocycles. The Morgan fingerprint density at radius 1 is 0.773 bits per heavy atom. The summed E-state index contributed by atoms with van der Waals surface area (Å²) in [6.07, 6.45) is 0. The highest BCUT2D eigenvalue weighted by atomic mass is 79.9. The summed E-state index contributed by atoms with van der Waals surface area (Å²) in [5.41, 5.74) is 2.36. The van der Waals surface area contributed by atoms with Crippen molar-refractivity contribution >= 4 is 27.3 Å². The summed E-state index contributed by atoms with van der Waals surface area (Å²) < 4.78 is 11.5. The molecule has 0 N–H and O–H groups in total. The Balaban J connectivity index is 1.95. The van der Waals surface area contributed by atoms with Crippen molar-refractivity contribution in [2.75, 3.05) is 14.2 Å². The summed E-state index contributed by atoms with van der Waals surface area (Å²) in [7, 11) is 3.36. The number of thiophene rings is 1. The molecule has 0 aliphatic rings. The van der Waals surface area contributed by atoms with E-state index in [1.165, 1.54) is 20.9 Å². The van der Waals surface area contributed by atoms with Gasteiger partial charge in [-0.15, -0.1) is 11.3 Å². The fraction of sp³-hybridized carbons (Fsp3) is 0.111. The molecule has 112 valence electrons. The summed E-state index contributed by atoms with van der Waals surface area (Å²) in [6, 6.07) is 18.4. The Labute approximate surface area is 142 Å². The topological polar surface area (TPSA) is 18.5 Å². The highest BCUT2D eigenvalue weighted by molar-refractivity contribution is 9.10. The number of methoxy groups -OCH3 is 2. The summed E-state index contributed by atoms with van der Waals surface area (Å²) >= 11 is 5.43. The van der Waals surface area contributed by atoms with Crippen LogP contribution in [0.25, 0.3) is 20.9 Å². The average molecular weight is 375 g/mol. The number of ether oxygens (including phenoxy) is 2. The van der Waals surface area contributed by atoms with Gasteiger partial charge in [0.15, 0.2) is 0 Å². The lowest BCUT2D eigenvalue weighted by Crippen LogP contribution is -1.81. The molecule has 0 atom stereocenters. The minimum Gasteiger partial charge on any atom is -0.497 e. The van der Waals surface area contributed by atoms with Crippen LogP contribution in [0.15, 0.2) is 59.1 Å². The van der Waals surface area contributed by atoms with Crippen LogP contribution in [0, 0.1) is 0 Å². The molecule has 1 aromatic heterocycles. The number of benzene rings is 2. The first kappa shape index (κ1) is 15.1. The Morgan fingerprint density at radius 3 is 1.77 bits per heavy atom. The Kier molecular flexibility index (Phi) is 4.50. The van der Waals surface area contributed by atoms with Gasteiger partial charge in [0.2, 0.25) is 0 Å². The van der Waals surface area contributed by atoms with Crippen LogP contribution < -0.4 is 9.47 Å². The zero-order valence-electron chi connectivity index (χ0n) is 12.3. The van der Waals surface area contributed by atoms with Gasteiger partial charge < -0.3 is 9.47 Å². The van der Waals surface area contributed by atoms with E-state index in [9.17, 15) is 0 Å². The first-order valence-electron chi connectivity index (χ1n) is 6.79. The second kappa shape index (κ2) is 6.55. The van der Waals surface area contributed by atoms with Crippen LogP contribution in [-0.2, 0) is 0 Å².